The molecule has 2 amide bonds. The Morgan fingerprint density at radius 3 is 2.92 bits per heavy atom. The molecule has 1 aliphatic rings. The normalized spacial score (nSPS) is 13.8. The highest BCUT2D eigenvalue weighted by Crippen LogP contribution is 2.19. The molecule has 1 saturated heterocycles. The molecule has 0 radical (unpaired) electrons. The van der Waals surface area contributed by atoms with Crippen LogP contribution in [0.3, 0.4) is 0 Å². The zero-order valence-corrected chi connectivity index (χ0v) is 14.5. The molecule has 0 saturated carbocycles. The fraction of sp³-hybridized carbons (Fsp3) is 0.353. The Bertz CT molecular complexity index is 703. The number of aromatic nitrogens is 2. The van der Waals surface area contributed by atoms with E-state index in [4.69, 9.17) is 0 Å². The number of benzene rings is 1. The summed E-state index contributed by atoms with van der Waals surface area (Å²) in [4.78, 5) is 24.2. The minimum absolute atomic E-state index is 0.261. The zero-order valence-electron chi connectivity index (χ0n) is 13.7. The lowest BCUT2D eigenvalue weighted by atomic mass is 10.3. The maximum atomic E-state index is 12.0. The SMILES string of the molecule is CSc1cccc(NC(=O)NCc2nccc(N3CCCC3)n2)c1. The molecule has 24 heavy (non-hydrogen) atoms. The minimum Gasteiger partial charge on any atom is -0.357 e. The van der Waals surface area contributed by atoms with E-state index >= 15 is 0 Å². The van der Waals surface area contributed by atoms with Gasteiger partial charge < -0.3 is 15.5 Å². The lowest BCUT2D eigenvalue weighted by molar-refractivity contribution is 0.251. The van der Waals surface area contributed by atoms with Crippen LogP contribution in [0.1, 0.15) is 18.7 Å². The number of anilines is 2. The van der Waals surface area contributed by atoms with Gasteiger partial charge >= 0.3 is 6.03 Å². The van der Waals surface area contributed by atoms with Crippen LogP contribution in [0.5, 0.6) is 0 Å². The summed E-state index contributed by atoms with van der Waals surface area (Å²) in [5.74, 6) is 1.56. The van der Waals surface area contributed by atoms with E-state index in [9.17, 15) is 4.79 Å². The van der Waals surface area contributed by atoms with E-state index in [0.717, 1.165) is 29.5 Å². The first-order valence-corrected chi connectivity index (χ1v) is 9.23. The number of carbonyl (C=O) groups excluding carboxylic acids is 1. The Hall–Kier alpha value is -2.28. The van der Waals surface area contributed by atoms with E-state index in [1.54, 1.807) is 18.0 Å². The molecule has 1 aromatic carbocycles. The lowest BCUT2D eigenvalue weighted by Gasteiger charge is -2.16. The van der Waals surface area contributed by atoms with Crippen molar-refractivity contribution in [2.45, 2.75) is 24.3 Å². The molecular formula is C17H21N5OS. The standard InChI is InChI=1S/C17H21N5OS/c1-24-14-6-4-5-13(11-14)20-17(23)19-12-15-18-8-7-16(21-15)22-9-2-3-10-22/h4-8,11H,2-3,9-10,12H2,1H3,(H2,19,20,23). The lowest BCUT2D eigenvalue weighted by Crippen LogP contribution is -2.29. The van der Waals surface area contributed by atoms with Gasteiger partial charge in [0.05, 0.1) is 6.54 Å². The molecule has 2 heterocycles. The fourth-order valence-electron chi connectivity index (χ4n) is 2.63. The van der Waals surface area contributed by atoms with Crippen molar-refractivity contribution < 1.29 is 4.79 Å². The Morgan fingerprint density at radius 1 is 1.29 bits per heavy atom. The Balaban J connectivity index is 1.55. The smallest absolute Gasteiger partial charge is 0.319 e. The number of nitrogens with one attached hydrogen (secondary N) is 2. The van der Waals surface area contributed by atoms with Crippen molar-refractivity contribution in [1.82, 2.24) is 15.3 Å². The van der Waals surface area contributed by atoms with Crippen LogP contribution in [-0.4, -0.2) is 35.3 Å². The summed E-state index contributed by atoms with van der Waals surface area (Å²) in [5, 5.41) is 5.63. The third-order valence-corrected chi connectivity index (χ3v) is 4.58. The first-order chi connectivity index (χ1) is 11.7. The third-order valence-electron chi connectivity index (χ3n) is 3.86. The van der Waals surface area contributed by atoms with Crippen LogP contribution in [0, 0.1) is 0 Å². The number of urea groups is 1. The molecule has 1 aromatic heterocycles. The monoisotopic (exact) mass is 343 g/mol. The van der Waals surface area contributed by atoms with Crippen LogP contribution >= 0.6 is 11.8 Å². The molecule has 0 atom stereocenters. The highest BCUT2D eigenvalue weighted by atomic mass is 32.2. The predicted molar refractivity (Wildman–Crippen MR) is 97.6 cm³/mol. The van der Waals surface area contributed by atoms with E-state index in [2.05, 4.69) is 25.5 Å². The van der Waals surface area contributed by atoms with Gasteiger partial charge in [-0.05, 0) is 43.4 Å². The summed E-state index contributed by atoms with van der Waals surface area (Å²) in [6, 6.07) is 9.39. The summed E-state index contributed by atoms with van der Waals surface area (Å²) >= 11 is 1.64. The van der Waals surface area contributed by atoms with Crippen molar-refractivity contribution in [3.05, 3.63) is 42.4 Å². The first kappa shape index (κ1) is 16.6. The van der Waals surface area contributed by atoms with Gasteiger partial charge in [-0.2, -0.15) is 0 Å². The fourth-order valence-corrected chi connectivity index (χ4v) is 3.09. The highest BCUT2D eigenvalue weighted by molar-refractivity contribution is 7.98. The van der Waals surface area contributed by atoms with Gasteiger partial charge in [-0.15, -0.1) is 11.8 Å². The molecule has 1 aliphatic heterocycles. The van der Waals surface area contributed by atoms with E-state index in [1.165, 1.54) is 12.8 Å². The van der Waals surface area contributed by atoms with E-state index < -0.39 is 0 Å². The van der Waals surface area contributed by atoms with Gasteiger partial charge in [0.15, 0.2) is 0 Å². The summed E-state index contributed by atoms with van der Waals surface area (Å²) < 4.78 is 0. The quantitative estimate of drug-likeness (QED) is 0.816. The maximum absolute atomic E-state index is 12.0. The van der Waals surface area contributed by atoms with Crippen molar-refractivity contribution in [3.8, 4) is 0 Å². The van der Waals surface area contributed by atoms with Gasteiger partial charge in [0.2, 0.25) is 0 Å². The van der Waals surface area contributed by atoms with Crippen molar-refractivity contribution in [1.29, 1.82) is 0 Å². The molecule has 0 bridgehead atoms. The largest absolute Gasteiger partial charge is 0.357 e. The second-order valence-electron chi connectivity index (χ2n) is 5.56. The molecule has 0 unspecified atom stereocenters. The summed E-state index contributed by atoms with van der Waals surface area (Å²) in [7, 11) is 0. The van der Waals surface area contributed by atoms with Crippen molar-refractivity contribution in [3.63, 3.8) is 0 Å². The minimum atomic E-state index is -0.261. The third kappa shape index (κ3) is 4.38. The number of amides is 2. The van der Waals surface area contributed by atoms with Crippen LogP contribution in [0.25, 0.3) is 0 Å². The second kappa shape index (κ2) is 8.01. The Labute approximate surface area is 146 Å². The topological polar surface area (TPSA) is 70.2 Å². The van der Waals surface area contributed by atoms with E-state index in [-0.39, 0.29) is 6.03 Å². The Morgan fingerprint density at radius 2 is 2.12 bits per heavy atom. The van der Waals surface area contributed by atoms with Gasteiger partial charge in [0, 0.05) is 29.9 Å². The van der Waals surface area contributed by atoms with Gasteiger partial charge in [-0.3, -0.25) is 0 Å². The summed E-state index contributed by atoms with van der Waals surface area (Å²) in [6.45, 7) is 2.38. The number of thioether (sulfide) groups is 1. The van der Waals surface area contributed by atoms with E-state index in [1.807, 2.05) is 36.6 Å². The molecule has 7 heteroatoms. The average molecular weight is 343 g/mol. The molecule has 0 aliphatic carbocycles. The molecule has 1 fully saturated rings. The van der Waals surface area contributed by atoms with Crippen LogP contribution < -0.4 is 15.5 Å². The molecule has 2 aromatic rings. The number of hydrogen-bond acceptors (Lipinski definition) is 5. The van der Waals surface area contributed by atoms with Gasteiger partial charge in [0.25, 0.3) is 0 Å². The molecule has 0 spiro atoms. The summed E-state index contributed by atoms with van der Waals surface area (Å²) in [5.41, 5.74) is 0.770. The van der Waals surface area contributed by atoms with Crippen LogP contribution in [0.15, 0.2) is 41.4 Å². The maximum Gasteiger partial charge on any atom is 0.319 e. The average Bonchev–Trinajstić information content (AvgIpc) is 3.15. The first-order valence-electron chi connectivity index (χ1n) is 8.00. The van der Waals surface area contributed by atoms with Crippen molar-refractivity contribution >= 4 is 29.3 Å². The Kier molecular flexibility index (Phi) is 5.53. The van der Waals surface area contributed by atoms with E-state index in [0.29, 0.717) is 12.4 Å². The molecule has 2 N–H and O–H groups in total. The molecule has 6 nitrogen and oxygen atoms in total. The van der Waals surface area contributed by atoms with Gasteiger partial charge in [-0.25, -0.2) is 14.8 Å². The van der Waals surface area contributed by atoms with Crippen LogP contribution in [-0.2, 0) is 6.54 Å². The number of carbonyl (C=O) groups is 1. The number of nitrogens with zero attached hydrogens (tertiary/aromatic N) is 3. The molecular weight excluding hydrogens is 322 g/mol. The van der Waals surface area contributed by atoms with Crippen LogP contribution in [0.2, 0.25) is 0 Å². The number of hydrogen-bond donors (Lipinski definition) is 2. The van der Waals surface area contributed by atoms with Gasteiger partial charge in [0.1, 0.15) is 11.6 Å². The summed E-state index contributed by atoms with van der Waals surface area (Å²) in [6.07, 6.45) is 6.16. The second-order valence-corrected chi connectivity index (χ2v) is 6.44. The zero-order chi connectivity index (χ0) is 16.8. The van der Waals surface area contributed by atoms with Crippen LogP contribution in [0.4, 0.5) is 16.3 Å². The predicted octanol–water partition coefficient (Wildman–Crippen LogP) is 3.12. The molecule has 126 valence electrons. The highest BCUT2D eigenvalue weighted by Gasteiger charge is 2.14. The van der Waals surface area contributed by atoms with Crippen molar-refractivity contribution in [2.24, 2.45) is 0 Å². The van der Waals surface area contributed by atoms with Crippen molar-refractivity contribution in [2.75, 3.05) is 29.6 Å². The molecule has 3 rings (SSSR count). The number of rotatable bonds is 5. The van der Waals surface area contributed by atoms with Gasteiger partial charge in [-0.1, -0.05) is 6.07 Å².